The Bertz CT molecular complexity index is 647. The molecule has 0 saturated heterocycles. The summed E-state index contributed by atoms with van der Waals surface area (Å²) in [6.45, 7) is 5.75. The van der Waals surface area contributed by atoms with Gasteiger partial charge in [0, 0.05) is 6.04 Å². The van der Waals surface area contributed by atoms with Gasteiger partial charge in [-0.2, -0.15) is 0 Å². The standard InChI is InChI=1S/C13H18ClFN2O3S/c1-4-11(7(2)3)17-13(18)9-5-8(21(16,19)20)6-10(15)12(9)14/h5-7,11H,4H2,1-3H3,(H,17,18)(H2,16,19,20). The van der Waals surface area contributed by atoms with Gasteiger partial charge in [0.05, 0.1) is 15.5 Å². The second-order valence-electron chi connectivity index (χ2n) is 5.04. The van der Waals surface area contributed by atoms with Crippen LogP contribution in [-0.4, -0.2) is 20.4 Å². The summed E-state index contributed by atoms with van der Waals surface area (Å²) in [6, 6.07) is 1.53. The van der Waals surface area contributed by atoms with Crippen LogP contribution in [0, 0.1) is 11.7 Å². The zero-order valence-corrected chi connectivity index (χ0v) is 13.6. The molecule has 1 aromatic carbocycles. The van der Waals surface area contributed by atoms with Crippen LogP contribution in [0.5, 0.6) is 0 Å². The van der Waals surface area contributed by atoms with Gasteiger partial charge in [-0.3, -0.25) is 4.79 Å². The van der Waals surface area contributed by atoms with E-state index in [1.54, 1.807) is 0 Å². The number of hydrogen-bond donors (Lipinski definition) is 2. The third-order valence-corrected chi connectivity index (χ3v) is 4.41. The zero-order chi connectivity index (χ0) is 16.4. The minimum atomic E-state index is -4.13. The van der Waals surface area contributed by atoms with Gasteiger partial charge in [-0.15, -0.1) is 0 Å². The van der Waals surface area contributed by atoms with Crippen molar-refractivity contribution in [2.75, 3.05) is 0 Å². The molecule has 0 aliphatic rings. The number of carbonyl (C=O) groups is 1. The molecule has 21 heavy (non-hydrogen) atoms. The SMILES string of the molecule is CCC(NC(=O)c1cc(S(N)(=O)=O)cc(F)c1Cl)C(C)C. The molecule has 1 aromatic rings. The zero-order valence-electron chi connectivity index (χ0n) is 12.0. The van der Waals surface area contributed by atoms with Gasteiger partial charge in [-0.05, 0) is 24.5 Å². The van der Waals surface area contributed by atoms with Gasteiger partial charge < -0.3 is 5.32 Å². The molecule has 0 aliphatic carbocycles. The monoisotopic (exact) mass is 336 g/mol. The highest BCUT2D eigenvalue weighted by Gasteiger charge is 2.22. The Morgan fingerprint density at radius 3 is 2.43 bits per heavy atom. The lowest BCUT2D eigenvalue weighted by atomic mass is 10.0. The topological polar surface area (TPSA) is 89.3 Å². The first-order chi connectivity index (χ1) is 9.57. The lowest BCUT2D eigenvalue weighted by Gasteiger charge is -2.21. The van der Waals surface area contributed by atoms with Crippen LogP contribution >= 0.6 is 11.6 Å². The van der Waals surface area contributed by atoms with Crippen molar-refractivity contribution in [3.05, 3.63) is 28.5 Å². The van der Waals surface area contributed by atoms with E-state index in [1.807, 2.05) is 20.8 Å². The summed E-state index contributed by atoms with van der Waals surface area (Å²) in [5.74, 6) is -1.47. The van der Waals surface area contributed by atoms with Crippen molar-refractivity contribution >= 4 is 27.5 Å². The van der Waals surface area contributed by atoms with Crippen molar-refractivity contribution in [3.63, 3.8) is 0 Å². The Morgan fingerprint density at radius 1 is 1.43 bits per heavy atom. The second kappa shape index (κ2) is 6.72. The maximum absolute atomic E-state index is 13.7. The molecule has 0 aromatic heterocycles. The number of amides is 1. The third kappa shape index (κ3) is 4.39. The minimum Gasteiger partial charge on any atom is -0.349 e. The van der Waals surface area contributed by atoms with Gasteiger partial charge in [0.15, 0.2) is 0 Å². The van der Waals surface area contributed by atoms with E-state index < -0.39 is 31.7 Å². The molecule has 0 fully saturated rings. The molecule has 8 heteroatoms. The molecule has 0 spiro atoms. The number of carbonyl (C=O) groups excluding carboxylic acids is 1. The number of sulfonamides is 1. The summed E-state index contributed by atoms with van der Waals surface area (Å²) in [5.41, 5.74) is -0.250. The van der Waals surface area contributed by atoms with E-state index in [0.29, 0.717) is 12.5 Å². The molecule has 0 aliphatic heterocycles. The van der Waals surface area contributed by atoms with Gasteiger partial charge in [0.1, 0.15) is 5.82 Å². The molecular formula is C13H18ClFN2O3S. The number of rotatable bonds is 5. The van der Waals surface area contributed by atoms with Crippen LogP contribution in [0.4, 0.5) is 4.39 Å². The minimum absolute atomic E-state index is 0.130. The Labute approximate surface area is 128 Å². The lowest BCUT2D eigenvalue weighted by Crippen LogP contribution is -2.38. The normalized spacial score (nSPS) is 13.3. The Morgan fingerprint density at radius 2 is 2.00 bits per heavy atom. The van der Waals surface area contributed by atoms with Crippen molar-refractivity contribution in [1.82, 2.24) is 5.32 Å². The largest absolute Gasteiger partial charge is 0.349 e. The van der Waals surface area contributed by atoms with E-state index in [9.17, 15) is 17.6 Å². The van der Waals surface area contributed by atoms with Crippen molar-refractivity contribution in [1.29, 1.82) is 0 Å². The third-order valence-electron chi connectivity index (χ3n) is 3.14. The highest BCUT2D eigenvalue weighted by atomic mass is 35.5. The molecule has 0 bridgehead atoms. The average molecular weight is 337 g/mol. The van der Waals surface area contributed by atoms with Gasteiger partial charge in [-0.25, -0.2) is 17.9 Å². The second-order valence-corrected chi connectivity index (χ2v) is 6.98. The molecule has 1 amide bonds. The van der Waals surface area contributed by atoms with Crippen molar-refractivity contribution in [2.45, 2.75) is 38.1 Å². The van der Waals surface area contributed by atoms with E-state index in [-0.39, 0.29) is 17.5 Å². The van der Waals surface area contributed by atoms with E-state index >= 15 is 0 Å². The van der Waals surface area contributed by atoms with E-state index in [0.717, 1.165) is 6.07 Å². The van der Waals surface area contributed by atoms with Crippen LogP contribution in [0.25, 0.3) is 0 Å². The van der Waals surface area contributed by atoms with Gasteiger partial charge >= 0.3 is 0 Å². The maximum atomic E-state index is 13.7. The molecule has 3 N–H and O–H groups in total. The number of hydrogen-bond acceptors (Lipinski definition) is 3. The van der Waals surface area contributed by atoms with Crippen molar-refractivity contribution in [2.24, 2.45) is 11.1 Å². The molecular weight excluding hydrogens is 319 g/mol. The lowest BCUT2D eigenvalue weighted by molar-refractivity contribution is 0.0924. The van der Waals surface area contributed by atoms with Crippen LogP contribution < -0.4 is 10.5 Å². The predicted molar refractivity (Wildman–Crippen MR) is 79.2 cm³/mol. The number of halogens is 2. The van der Waals surface area contributed by atoms with Gasteiger partial charge in [0.2, 0.25) is 10.0 Å². The molecule has 0 radical (unpaired) electrons. The quantitative estimate of drug-likeness (QED) is 0.864. The Balaban J connectivity index is 3.24. The first kappa shape index (κ1) is 17.9. The van der Waals surface area contributed by atoms with Crippen LogP contribution in [0.15, 0.2) is 17.0 Å². The molecule has 0 heterocycles. The molecule has 1 rings (SSSR count). The van der Waals surface area contributed by atoms with Crippen molar-refractivity contribution in [3.8, 4) is 0 Å². The fourth-order valence-corrected chi connectivity index (χ4v) is 2.62. The first-order valence-electron chi connectivity index (χ1n) is 6.40. The first-order valence-corrected chi connectivity index (χ1v) is 8.33. The van der Waals surface area contributed by atoms with Crippen LogP contribution in [0.1, 0.15) is 37.6 Å². The summed E-state index contributed by atoms with van der Waals surface area (Å²) < 4.78 is 36.3. The number of benzene rings is 1. The number of primary sulfonamides is 1. The van der Waals surface area contributed by atoms with Crippen LogP contribution in [0.2, 0.25) is 5.02 Å². The summed E-state index contributed by atoms with van der Waals surface area (Å²) in [7, 11) is -4.13. The molecule has 1 unspecified atom stereocenters. The molecule has 0 saturated carbocycles. The fourth-order valence-electron chi connectivity index (χ4n) is 1.88. The summed E-state index contributed by atoms with van der Waals surface area (Å²) in [5, 5.41) is 7.22. The summed E-state index contributed by atoms with van der Waals surface area (Å²) in [6.07, 6.45) is 0.679. The Kier molecular flexibility index (Phi) is 5.72. The maximum Gasteiger partial charge on any atom is 0.253 e. The Hall–Kier alpha value is -1.18. The summed E-state index contributed by atoms with van der Waals surface area (Å²) in [4.78, 5) is 11.7. The number of nitrogens with two attached hydrogens (primary N) is 1. The highest BCUT2D eigenvalue weighted by molar-refractivity contribution is 7.89. The molecule has 5 nitrogen and oxygen atoms in total. The highest BCUT2D eigenvalue weighted by Crippen LogP contribution is 2.24. The molecule has 118 valence electrons. The van der Waals surface area contributed by atoms with Gasteiger partial charge in [0.25, 0.3) is 5.91 Å². The van der Waals surface area contributed by atoms with Crippen LogP contribution in [0.3, 0.4) is 0 Å². The molecule has 1 atom stereocenters. The van der Waals surface area contributed by atoms with Crippen LogP contribution in [-0.2, 0) is 10.0 Å². The van der Waals surface area contributed by atoms with E-state index in [4.69, 9.17) is 16.7 Å². The van der Waals surface area contributed by atoms with Gasteiger partial charge in [-0.1, -0.05) is 32.4 Å². The smallest absolute Gasteiger partial charge is 0.253 e. The average Bonchev–Trinajstić information content (AvgIpc) is 2.36. The predicted octanol–water partition coefficient (Wildman–Crippen LogP) is 2.29. The van der Waals surface area contributed by atoms with Crippen molar-refractivity contribution < 1.29 is 17.6 Å². The fraction of sp³-hybridized carbons (Fsp3) is 0.462. The summed E-state index contributed by atoms with van der Waals surface area (Å²) >= 11 is 5.74. The van der Waals surface area contributed by atoms with E-state index in [1.165, 1.54) is 0 Å². The number of nitrogens with one attached hydrogen (secondary N) is 1. The van der Waals surface area contributed by atoms with E-state index in [2.05, 4.69) is 5.32 Å².